The van der Waals surface area contributed by atoms with E-state index in [9.17, 15) is 4.39 Å². The lowest BCUT2D eigenvalue weighted by atomic mass is 10.0. The lowest BCUT2D eigenvalue weighted by Crippen LogP contribution is -2.20. The van der Waals surface area contributed by atoms with Crippen LogP contribution in [0.2, 0.25) is 0 Å². The molecule has 0 aliphatic carbocycles. The summed E-state index contributed by atoms with van der Waals surface area (Å²) in [6.45, 7) is 0. The Hall–Kier alpha value is -1.46. The highest BCUT2D eigenvalue weighted by Gasteiger charge is 2.19. The molecule has 1 N–H and O–H groups in total. The van der Waals surface area contributed by atoms with Crippen LogP contribution in [0, 0.1) is 5.82 Å². The van der Waals surface area contributed by atoms with Gasteiger partial charge in [0.2, 0.25) is 0 Å². The maximum absolute atomic E-state index is 14.0. The fourth-order valence-corrected chi connectivity index (χ4v) is 2.57. The largest absolute Gasteiger partial charge is 0.496 e. The van der Waals surface area contributed by atoms with Gasteiger partial charge in [-0.1, -0.05) is 6.07 Å². The molecule has 0 bridgehead atoms. The van der Waals surface area contributed by atoms with E-state index < -0.39 is 0 Å². The van der Waals surface area contributed by atoms with Crippen molar-refractivity contribution in [3.8, 4) is 5.75 Å². The summed E-state index contributed by atoms with van der Waals surface area (Å²) in [6.07, 6.45) is 2.50. The molecule has 0 saturated heterocycles. The van der Waals surface area contributed by atoms with E-state index in [0.717, 1.165) is 4.88 Å². The number of hydrogen-bond donors (Lipinski definition) is 1. The second-order valence-corrected chi connectivity index (χ2v) is 4.84. The monoisotopic (exact) mass is 266 g/mol. The van der Waals surface area contributed by atoms with Crippen molar-refractivity contribution in [2.24, 2.45) is 0 Å². The van der Waals surface area contributed by atoms with Gasteiger partial charge < -0.3 is 10.1 Å². The van der Waals surface area contributed by atoms with Gasteiger partial charge in [-0.15, -0.1) is 11.3 Å². The van der Waals surface area contributed by atoms with Gasteiger partial charge in [-0.05, 0) is 19.2 Å². The van der Waals surface area contributed by atoms with Crippen molar-refractivity contribution in [2.75, 3.05) is 14.2 Å². The van der Waals surface area contributed by atoms with Crippen molar-refractivity contribution in [2.45, 2.75) is 12.5 Å². The third kappa shape index (κ3) is 2.68. The van der Waals surface area contributed by atoms with Crippen molar-refractivity contribution < 1.29 is 9.13 Å². The number of rotatable bonds is 5. The molecule has 0 amide bonds. The van der Waals surface area contributed by atoms with Gasteiger partial charge in [0.15, 0.2) is 0 Å². The van der Waals surface area contributed by atoms with E-state index in [1.807, 2.05) is 13.2 Å². The average molecular weight is 266 g/mol. The number of hydrogen-bond acceptors (Lipinski definition) is 4. The summed E-state index contributed by atoms with van der Waals surface area (Å²) in [5, 5.41) is 3.13. The quantitative estimate of drug-likeness (QED) is 0.903. The molecule has 1 unspecified atom stereocenters. The van der Waals surface area contributed by atoms with Crippen molar-refractivity contribution >= 4 is 11.3 Å². The minimum atomic E-state index is -0.252. The maximum Gasteiger partial charge on any atom is 0.131 e. The first-order chi connectivity index (χ1) is 8.76. The second kappa shape index (κ2) is 5.93. The van der Waals surface area contributed by atoms with Crippen LogP contribution in [0.5, 0.6) is 5.75 Å². The number of benzene rings is 1. The number of likely N-dealkylation sites (N-methyl/N-ethyl adjacent to an activating group) is 1. The van der Waals surface area contributed by atoms with Crippen molar-refractivity contribution in [3.05, 3.63) is 46.2 Å². The molecular weight excluding hydrogens is 251 g/mol. The number of halogens is 1. The Morgan fingerprint density at radius 1 is 1.50 bits per heavy atom. The molecule has 0 saturated carbocycles. The van der Waals surface area contributed by atoms with Crippen LogP contribution in [0.15, 0.2) is 29.9 Å². The van der Waals surface area contributed by atoms with E-state index >= 15 is 0 Å². The molecule has 1 aromatic carbocycles. The minimum absolute atomic E-state index is 0.124. The van der Waals surface area contributed by atoms with Crippen LogP contribution in [0.1, 0.15) is 16.5 Å². The number of thiazole rings is 1. The fraction of sp³-hybridized carbons (Fsp3) is 0.308. The Kier molecular flexibility index (Phi) is 4.28. The van der Waals surface area contributed by atoms with E-state index in [4.69, 9.17) is 4.74 Å². The summed E-state index contributed by atoms with van der Waals surface area (Å²) in [5.74, 6) is 0.317. The summed E-state index contributed by atoms with van der Waals surface area (Å²) in [5.41, 5.74) is 2.34. The molecule has 1 heterocycles. The molecule has 0 radical (unpaired) electrons. The first-order valence-corrected chi connectivity index (χ1v) is 6.51. The fourth-order valence-electron chi connectivity index (χ4n) is 1.93. The SMILES string of the molecule is CNC(Cc1cncs1)c1c(F)cccc1OC. The van der Waals surface area contributed by atoms with Crippen LogP contribution in [0.3, 0.4) is 0 Å². The third-order valence-corrected chi connectivity index (χ3v) is 3.62. The zero-order valence-electron chi connectivity index (χ0n) is 10.3. The van der Waals surface area contributed by atoms with Crippen LogP contribution in [-0.2, 0) is 6.42 Å². The lowest BCUT2D eigenvalue weighted by molar-refractivity contribution is 0.393. The molecule has 0 aliphatic heterocycles. The molecule has 18 heavy (non-hydrogen) atoms. The highest BCUT2D eigenvalue weighted by Crippen LogP contribution is 2.30. The van der Waals surface area contributed by atoms with Gasteiger partial charge in [-0.2, -0.15) is 0 Å². The molecule has 0 spiro atoms. The van der Waals surface area contributed by atoms with E-state index in [1.165, 1.54) is 6.07 Å². The summed E-state index contributed by atoms with van der Waals surface area (Å²) < 4.78 is 19.2. The van der Waals surface area contributed by atoms with Gasteiger partial charge in [0.1, 0.15) is 11.6 Å². The number of aromatic nitrogens is 1. The van der Waals surface area contributed by atoms with Crippen LogP contribution >= 0.6 is 11.3 Å². The molecule has 3 nitrogen and oxygen atoms in total. The zero-order chi connectivity index (χ0) is 13.0. The number of nitrogens with zero attached hydrogens (tertiary/aromatic N) is 1. The Morgan fingerprint density at radius 2 is 2.33 bits per heavy atom. The smallest absolute Gasteiger partial charge is 0.131 e. The lowest BCUT2D eigenvalue weighted by Gasteiger charge is -2.19. The Balaban J connectivity index is 2.32. The molecule has 2 rings (SSSR count). The molecule has 0 fully saturated rings. The summed E-state index contributed by atoms with van der Waals surface area (Å²) in [7, 11) is 3.37. The first-order valence-electron chi connectivity index (χ1n) is 5.63. The number of methoxy groups -OCH3 is 1. The van der Waals surface area contributed by atoms with E-state index in [0.29, 0.717) is 17.7 Å². The van der Waals surface area contributed by atoms with E-state index in [1.54, 1.807) is 36.1 Å². The topological polar surface area (TPSA) is 34.2 Å². The van der Waals surface area contributed by atoms with Crippen LogP contribution in [0.25, 0.3) is 0 Å². The van der Waals surface area contributed by atoms with Crippen LogP contribution in [-0.4, -0.2) is 19.1 Å². The molecular formula is C13H15FN2OS. The van der Waals surface area contributed by atoms with Gasteiger partial charge in [0, 0.05) is 29.1 Å². The van der Waals surface area contributed by atoms with E-state index in [-0.39, 0.29) is 11.9 Å². The molecule has 5 heteroatoms. The van der Waals surface area contributed by atoms with E-state index in [2.05, 4.69) is 10.3 Å². The van der Waals surface area contributed by atoms with Crippen molar-refractivity contribution in [1.29, 1.82) is 0 Å². The summed E-state index contributed by atoms with van der Waals surface area (Å²) in [4.78, 5) is 5.14. The molecule has 96 valence electrons. The zero-order valence-corrected chi connectivity index (χ0v) is 11.1. The maximum atomic E-state index is 14.0. The van der Waals surface area contributed by atoms with Crippen molar-refractivity contribution in [1.82, 2.24) is 10.3 Å². The first kappa shape index (κ1) is 13.0. The van der Waals surface area contributed by atoms with Gasteiger partial charge in [0.25, 0.3) is 0 Å². The third-order valence-electron chi connectivity index (χ3n) is 2.82. The number of nitrogens with one attached hydrogen (secondary N) is 1. The Morgan fingerprint density at radius 3 is 2.94 bits per heavy atom. The predicted octanol–water partition coefficient (Wildman–Crippen LogP) is 2.79. The molecule has 0 aliphatic rings. The standard InChI is InChI=1S/C13H15FN2OS/c1-15-11(6-9-7-16-8-18-9)13-10(14)4-3-5-12(13)17-2/h3-5,7-8,11,15H,6H2,1-2H3. The average Bonchev–Trinajstić information content (AvgIpc) is 2.89. The van der Waals surface area contributed by atoms with Gasteiger partial charge >= 0.3 is 0 Å². The highest BCUT2D eigenvalue weighted by atomic mass is 32.1. The normalized spacial score (nSPS) is 12.4. The molecule has 2 aromatic rings. The summed E-state index contributed by atoms with van der Waals surface area (Å²) in [6, 6.07) is 4.75. The predicted molar refractivity (Wildman–Crippen MR) is 70.6 cm³/mol. The molecule has 1 atom stereocenters. The number of ether oxygens (including phenoxy) is 1. The van der Waals surface area contributed by atoms with Crippen LogP contribution < -0.4 is 10.1 Å². The van der Waals surface area contributed by atoms with Crippen molar-refractivity contribution in [3.63, 3.8) is 0 Å². The summed E-state index contributed by atoms with van der Waals surface area (Å²) >= 11 is 1.57. The Bertz CT molecular complexity index is 502. The van der Waals surface area contributed by atoms with Gasteiger partial charge in [-0.3, -0.25) is 4.98 Å². The molecule has 1 aromatic heterocycles. The Labute approximate surface area is 110 Å². The highest BCUT2D eigenvalue weighted by molar-refractivity contribution is 7.09. The van der Waals surface area contributed by atoms with Gasteiger partial charge in [0.05, 0.1) is 12.6 Å². The minimum Gasteiger partial charge on any atom is -0.496 e. The second-order valence-electron chi connectivity index (χ2n) is 3.87. The van der Waals surface area contributed by atoms with Crippen LogP contribution in [0.4, 0.5) is 4.39 Å². The van der Waals surface area contributed by atoms with Gasteiger partial charge in [-0.25, -0.2) is 4.39 Å².